The molecular weight excluding hydrogens is 368 g/mol. The van der Waals surface area contributed by atoms with Crippen molar-refractivity contribution in [1.82, 2.24) is 30.0 Å². The molecule has 0 saturated heterocycles. The molecule has 9 heteroatoms. The number of methoxy groups -OCH3 is 1. The maximum Gasteiger partial charge on any atom is 0.317 e. The fraction of sp³-hybridized carbons (Fsp3) is 0.389. The van der Waals surface area contributed by atoms with Gasteiger partial charge in [0, 0.05) is 45.4 Å². The summed E-state index contributed by atoms with van der Waals surface area (Å²) in [6.07, 6.45) is 2.30. The summed E-state index contributed by atoms with van der Waals surface area (Å²) in [5.74, 6) is 0.812. The number of imidazole rings is 1. The van der Waals surface area contributed by atoms with Gasteiger partial charge in [-0.1, -0.05) is 11.6 Å². The van der Waals surface area contributed by atoms with Crippen molar-refractivity contribution in [2.45, 2.75) is 12.5 Å². The van der Waals surface area contributed by atoms with Crippen molar-refractivity contribution in [1.29, 1.82) is 0 Å². The van der Waals surface area contributed by atoms with Gasteiger partial charge in [-0.25, -0.2) is 9.78 Å². The number of likely N-dealkylation sites (N-methyl/N-ethyl adjacent to an activating group) is 1. The number of amides is 2. The molecule has 2 N–H and O–H groups in total. The van der Waals surface area contributed by atoms with Gasteiger partial charge in [-0.05, 0) is 24.3 Å². The van der Waals surface area contributed by atoms with Crippen LogP contribution in [-0.4, -0.2) is 58.0 Å². The van der Waals surface area contributed by atoms with E-state index < -0.39 is 0 Å². The highest BCUT2D eigenvalue weighted by atomic mass is 35.5. The molecule has 2 heterocycles. The minimum absolute atomic E-state index is 0.183. The Hall–Kier alpha value is -2.58. The van der Waals surface area contributed by atoms with E-state index in [1.807, 2.05) is 31.3 Å². The Morgan fingerprint density at radius 3 is 2.96 bits per heavy atom. The Labute approximate surface area is 162 Å². The van der Waals surface area contributed by atoms with Crippen molar-refractivity contribution in [2.75, 3.05) is 27.3 Å². The zero-order valence-corrected chi connectivity index (χ0v) is 16.3. The van der Waals surface area contributed by atoms with Crippen LogP contribution >= 0.6 is 11.6 Å². The average molecular weight is 391 g/mol. The van der Waals surface area contributed by atoms with E-state index in [1.165, 1.54) is 0 Å². The lowest BCUT2D eigenvalue weighted by Crippen LogP contribution is -2.42. The van der Waals surface area contributed by atoms with Gasteiger partial charge in [0.2, 0.25) is 0 Å². The highest BCUT2D eigenvalue weighted by Gasteiger charge is 2.20. The zero-order chi connectivity index (χ0) is 19.4. The minimum atomic E-state index is -0.272. The van der Waals surface area contributed by atoms with Crippen LogP contribution in [-0.2, 0) is 18.2 Å². The number of urea groups is 1. The first-order valence-corrected chi connectivity index (χ1v) is 8.98. The second kappa shape index (κ2) is 8.41. The molecule has 0 aliphatic rings. The lowest BCUT2D eigenvalue weighted by Gasteiger charge is -2.23. The smallest absolute Gasteiger partial charge is 0.317 e. The molecule has 2 aromatic heterocycles. The van der Waals surface area contributed by atoms with E-state index in [0.29, 0.717) is 24.6 Å². The summed E-state index contributed by atoms with van der Waals surface area (Å²) >= 11 is 6.00. The minimum Gasteiger partial charge on any atom is -0.382 e. The van der Waals surface area contributed by atoms with Crippen LogP contribution < -0.4 is 5.32 Å². The largest absolute Gasteiger partial charge is 0.382 e. The third-order valence-electron chi connectivity index (χ3n) is 4.37. The van der Waals surface area contributed by atoms with Gasteiger partial charge in [-0.15, -0.1) is 0 Å². The van der Waals surface area contributed by atoms with Gasteiger partial charge < -0.3 is 19.9 Å². The number of aryl methyl sites for hydroxylation is 1. The molecule has 1 atom stereocenters. The molecule has 2 amide bonds. The maximum absolute atomic E-state index is 12.6. The maximum atomic E-state index is 12.6. The summed E-state index contributed by atoms with van der Waals surface area (Å²) in [7, 11) is 5.19. The molecule has 0 unspecified atom stereocenters. The molecule has 3 rings (SSSR count). The van der Waals surface area contributed by atoms with Crippen LogP contribution in [0.1, 0.15) is 17.6 Å². The van der Waals surface area contributed by atoms with Crippen LogP contribution in [0.3, 0.4) is 0 Å². The standard InChI is InChI=1S/C18H23ClN6O2/c1-24(9-7-17-21-13-5-4-12(19)10-14(13)22-17)18(26)23-15(11-27-3)16-6-8-20-25(16)2/h4-6,8,10,15H,7,9,11H2,1-3H3,(H,21,22)(H,23,26)/t15-/m1/s1. The number of rotatable bonds is 7. The van der Waals surface area contributed by atoms with Crippen molar-refractivity contribution in [3.8, 4) is 0 Å². The van der Waals surface area contributed by atoms with E-state index in [-0.39, 0.29) is 12.1 Å². The zero-order valence-electron chi connectivity index (χ0n) is 15.6. The third kappa shape index (κ3) is 4.58. The first kappa shape index (κ1) is 19.2. The Morgan fingerprint density at radius 1 is 1.44 bits per heavy atom. The van der Waals surface area contributed by atoms with Gasteiger partial charge in [0.1, 0.15) is 5.82 Å². The van der Waals surface area contributed by atoms with Crippen LogP contribution in [0.2, 0.25) is 5.02 Å². The van der Waals surface area contributed by atoms with Crippen molar-refractivity contribution in [3.63, 3.8) is 0 Å². The number of hydrogen-bond donors (Lipinski definition) is 2. The van der Waals surface area contributed by atoms with E-state index >= 15 is 0 Å². The number of carbonyl (C=O) groups is 1. The molecule has 27 heavy (non-hydrogen) atoms. The van der Waals surface area contributed by atoms with Crippen LogP contribution in [0.5, 0.6) is 0 Å². The van der Waals surface area contributed by atoms with Crippen molar-refractivity contribution in [2.24, 2.45) is 7.05 Å². The molecule has 3 aromatic rings. The van der Waals surface area contributed by atoms with E-state index in [2.05, 4.69) is 20.4 Å². The summed E-state index contributed by atoms with van der Waals surface area (Å²) in [6.45, 7) is 0.883. The number of benzene rings is 1. The van der Waals surface area contributed by atoms with Crippen molar-refractivity contribution >= 4 is 28.7 Å². The second-order valence-electron chi connectivity index (χ2n) is 6.35. The summed E-state index contributed by atoms with van der Waals surface area (Å²) in [5.41, 5.74) is 2.63. The highest BCUT2D eigenvalue weighted by molar-refractivity contribution is 6.31. The number of hydrogen-bond acceptors (Lipinski definition) is 4. The van der Waals surface area contributed by atoms with E-state index in [9.17, 15) is 4.79 Å². The predicted octanol–water partition coefficient (Wildman–Crippen LogP) is 2.52. The number of H-pyrrole nitrogens is 1. The average Bonchev–Trinajstić information content (AvgIpc) is 3.24. The Balaban J connectivity index is 1.59. The lowest BCUT2D eigenvalue weighted by molar-refractivity contribution is 0.155. The van der Waals surface area contributed by atoms with Crippen LogP contribution in [0.15, 0.2) is 30.5 Å². The first-order chi connectivity index (χ1) is 13.0. The SMILES string of the molecule is COC[C@@H](NC(=O)N(C)CCc1nc2ccc(Cl)cc2[nH]1)c1ccnn1C. The number of nitrogens with zero attached hydrogens (tertiary/aromatic N) is 4. The fourth-order valence-corrected chi connectivity index (χ4v) is 3.05. The summed E-state index contributed by atoms with van der Waals surface area (Å²) in [6, 6.07) is 6.93. The Morgan fingerprint density at radius 2 is 2.26 bits per heavy atom. The summed E-state index contributed by atoms with van der Waals surface area (Å²) in [5, 5.41) is 7.79. The monoisotopic (exact) mass is 390 g/mol. The normalized spacial score (nSPS) is 12.3. The summed E-state index contributed by atoms with van der Waals surface area (Å²) in [4.78, 5) is 21.9. The topological polar surface area (TPSA) is 88.1 Å². The molecule has 1 aromatic carbocycles. The van der Waals surface area contributed by atoms with E-state index in [0.717, 1.165) is 22.6 Å². The van der Waals surface area contributed by atoms with Gasteiger partial charge in [-0.3, -0.25) is 4.68 Å². The van der Waals surface area contributed by atoms with Gasteiger partial charge in [0.25, 0.3) is 0 Å². The van der Waals surface area contributed by atoms with Crippen molar-refractivity contribution < 1.29 is 9.53 Å². The van der Waals surface area contributed by atoms with E-state index in [1.54, 1.807) is 29.9 Å². The molecule has 144 valence electrons. The fourth-order valence-electron chi connectivity index (χ4n) is 2.88. The number of aromatic amines is 1. The number of halogens is 1. The number of aromatic nitrogens is 4. The lowest BCUT2D eigenvalue weighted by atomic mass is 10.2. The second-order valence-corrected chi connectivity index (χ2v) is 6.79. The molecule has 0 radical (unpaired) electrons. The quantitative estimate of drug-likeness (QED) is 0.648. The van der Waals surface area contributed by atoms with Gasteiger partial charge in [0.15, 0.2) is 0 Å². The third-order valence-corrected chi connectivity index (χ3v) is 4.61. The van der Waals surface area contributed by atoms with Gasteiger partial charge in [0.05, 0.1) is 29.4 Å². The molecule has 0 aliphatic heterocycles. The van der Waals surface area contributed by atoms with Crippen molar-refractivity contribution in [3.05, 3.63) is 47.0 Å². The molecule has 0 spiro atoms. The van der Waals surface area contributed by atoms with Gasteiger partial charge >= 0.3 is 6.03 Å². The molecule has 0 saturated carbocycles. The number of nitrogens with one attached hydrogen (secondary N) is 2. The van der Waals surface area contributed by atoms with Crippen LogP contribution in [0.25, 0.3) is 11.0 Å². The van der Waals surface area contributed by atoms with Crippen LogP contribution in [0.4, 0.5) is 4.79 Å². The summed E-state index contributed by atoms with van der Waals surface area (Å²) < 4.78 is 6.96. The van der Waals surface area contributed by atoms with Crippen LogP contribution in [0, 0.1) is 0 Å². The molecular formula is C18H23ClN6O2. The predicted molar refractivity (Wildman–Crippen MR) is 104 cm³/mol. The van der Waals surface area contributed by atoms with Gasteiger partial charge in [-0.2, -0.15) is 5.10 Å². The molecule has 0 aliphatic carbocycles. The number of fused-ring (bicyclic) bond motifs is 1. The number of ether oxygens (including phenoxy) is 1. The Bertz CT molecular complexity index is 922. The highest BCUT2D eigenvalue weighted by Crippen LogP contribution is 2.17. The molecule has 0 bridgehead atoms. The first-order valence-electron chi connectivity index (χ1n) is 8.60. The molecule has 8 nitrogen and oxygen atoms in total. The Kier molecular flexibility index (Phi) is 5.98. The molecule has 0 fully saturated rings. The number of carbonyl (C=O) groups excluding carboxylic acids is 1. The van der Waals surface area contributed by atoms with E-state index in [4.69, 9.17) is 16.3 Å².